The fraction of sp³-hybridized carbons (Fsp3) is 0. The third-order valence-corrected chi connectivity index (χ3v) is 2.78. The fourth-order valence-corrected chi connectivity index (χ4v) is 2.02. The molecule has 0 radical (unpaired) electrons. The van der Waals surface area contributed by atoms with Gasteiger partial charge >= 0.3 is 0 Å². The number of pyridine rings is 1. The normalized spacial score (nSPS) is 10.9. The van der Waals surface area contributed by atoms with Gasteiger partial charge < -0.3 is 5.73 Å². The van der Waals surface area contributed by atoms with E-state index in [1.165, 1.54) is 0 Å². The van der Waals surface area contributed by atoms with E-state index in [0.717, 1.165) is 16.7 Å². The largest absolute Gasteiger partial charge is 0.369 e. The quantitative estimate of drug-likeness (QED) is 0.716. The van der Waals surface area contributed by atoms with Crippen LogP contribution in [0, 0.1) is 0 Å². The molecular formula is C12H9ClN4. The van der Waals surface area contributed by atoms with Gasteiger partial charge in [-0.1, -0.05) is 17.7 Å². The van der Waals surface area contributed by atoms with Gasteiger partial charge in [0, 0.05) is 11.2 Å². The van der Waals surface area contributed by atoms with Crippen molar-refractivity contribution < 1.29 is 0 Å². The highest BCUT2D eigenvalue weighted by Gasteiger charge is 2.09. The Balaban J connectivity index is 2.33. The molecule has 0 aliphatic heterocycles. The van der Waals surface area contributed by atoms with Gasteiger partial charge in [-0.05, 0) is 24.3 Å². The third-order valence-electron chi connectivity index (χ3n) is 2.55. The van der Waals surface area contributed by atoms with Crippen LogP contribution in [0.1, 0.15) is 0 Å². The van der Waals surface area contributed by atoms with Crippen molar-refractivity contribution in [3.05, 3.63) is 47.7 Å². The first-order valence-corrected chi connectivity index (χ1v) is 5.47. The third kappa shape index (κ3) is 1.62. The summed E-state index contributed by atoms with van der Waals surface area (Å²) in [6.45, 7) is 0. The smallest absolute Gasteiger partial charge is 0.205 e. The molecule has 3 rings (SSSR count). The lowest BCUT2D eigenvalue weighted by Gasteiger charge is -2.06. The number of anilines is 1. The van der Waals surface area contributed by atoms with Gasteiger partial charge in [-0.2, -0.15) is 0 Å². The molecule has 2 N–H and O–H groups in total. The van der Waals surface area contributed by atoms with Gasteiger partial charge in [0.2, 0.25) is 5.95 Å². The standard InChI is InChI=1S/C12H9ClN4/c13-8-2-1-3-9(6-8)17-11-4-5-15-7-10(11)16-12(17)14/h1-7H,(H2,14,16). The highest BCUT2D eigenvalue weighted by atomic mass is 35.5. The summed E-state index contributed by atoms with van der Waals surface area (Å²) >= 11 is 5.98. The summed E-state index contributed by atoms with van der Waals surface area (Å²) in [6, 6.07) is 9.36. The second-order valence-corrected chi connectivity index (χ2v) is 4.09. The van der Waals surface area contributed by atoms with Crippen molar-refractivity contribution >= 4 is 28.6 Å². The Morgan fingerprint density at radius 1 is 1.24 bits per heavy atom. The molecule has 17 heavy (non-hydrogen) atoms. The zero-order valence-electron chi connectivity index (χ0n) is 8.84. The summed E-state index contributed by atoms with van der Waals surface area (Å²) in [5.41, 5.74) is 8.49. The molecule has 0 amide bonds. The average Bonchev–Trinajstić information content (AvgIpc) is 2.64. The van der Waals surface area contributed by atoms with Gasteiger partial charge in [0.1, 0.15) is 5.52 Å². The average molecular weight is 245 g/mol. The van der Waals surface area contributed by atoms with Gasteiger partial charge in [0.15, 0.2) is 0 Å². The number of imidazole rings is 1. The maximum Gasteiger partial charge on any atom is 0.205 e. The summed E-state index contributed by atoms with van der Waals surface area (Å²) < 4.78 is 1.85. The first kappa shape index (κ1) is 10.1. The van der Waals surface area contributed by atoms with Crippen molar-refractivity contribution in [1.82, 2.24) is 14.5 Å². The van der Waals surface area contributed by atoms with Gasteiger partial charge in [-0.15, -0.1) is 0 Å². The van der Waals surface area contributed by atoms with Gasteiger partial charge in [0.25, 0.3) is 0 Å². The summed E-state index contributed by atoms with van der Waals surface area (Å²) in [5, 5.41) is 0.665. The molecule has 2 heterocycles. The molecule has 0 aliphatic rings. The number of hydrogen-bond donors (Lipinski definition) is 1. The number of fused-ring (bicyclic) bond motifs is 1. The Morgan fingerprint density at radius 2 is 2.12 bits per heavy atom. The molecule has 2 aromatic heterocycles. The molecule has 0 saturated carbocycles. The van der Waals surface area contributed by atoms with Gasteiger partial charge in [-0.3, -0.25) is 9.55 Å². The molecule has 3 aromatic rings. The zero-order valence-corrected chi connectivity index (χ0v) is 9.59. The second-order valence-electron chi connectivity index (χ2n) is 3.65. The summed E-state index contributed by atoms with van der Waals surface area (Å²) in [7, 11) is 0. The number of benzene rings is 1. The van der Waals surface area contributed by atoms with E-state index < -0.39 is 0 Å². The number of hydrogen-bond acceptors (Lipinski definition) is 3. The van der Waals surface area contributed by atoms with Crippen LogP contribution in [-0.2, 0) is 0 Å². The van der Waals surface area contributed by atoms with E-state index in [9.17, 15) is 0 Å². The Hall–Kier alpha value is -2.07. The van der Waals surface area contributed by atoms with E-state index in [2.05, 4.69) is 9.97 Å². The highest BCUT2D eigenvalue weighted by molar-refractivity contribution is 6.30. The van der Waals surface area contributed by atoms with Gasteiger partial charge in [0.05, 0.1) is 17.4 Å². The topological polar surface area (TPSA) is 56.7 Å². The van der Waals surface area contributed by atoms with Crippen molar-refractivity contribution in [3.63, 3.8) is 0 Å². The predicted molar refractivity (Wildman–Crippen MR) is 68.3 cm³/mol. The molecule has 0 fully saturated rings. The van der Waals surface area contributed by atoms with E-state index in [-0.39, 0.29) is 0 Å². The van der Waals surface area contributed by atoms with Crippen molar-refractivity contribution in [2.24, 2.45) is 0 Å². The minimum atomic E-state index is 0.426. The lowest BCUT2D eigenvalue weighted by Crippen LogP contribution is -2.00. The van der Waals surface area contributed by atoms with E-state index in [4.69, 9.17) is 17.3 Å². The molecule has 0 saturated heterocycles. The number of rotatable bonds is 1. The van der Waals surface area contributed by atoms with Crippen LogP contribution in [0.25, 0.3) is 16.7 Å². The van der Waals surface area contributed by atoms with Crippen molar-refractivity contribution in [1.29, 1.82) is 0 Å². The van der Waals surface area contributed by atoms with Crippen molar-refractivity contribution in [3.8, 4) is 5.69 Å². The van der Waals surface area contributed by atoms with Crippen LogP contribution in [0.4, 0.5) is 5.95 Å². The van der Waals surface area contributed by atoms with Crippen LogP contribution in [-0.4, -0.2) is 14.5 Å². The van der Waals surface area contributed by atoms with E-state index >= 15 is 0 Å². The molecule has 1 aromatic carbocycles. The lowest BCUT2D eigenvalue weighted by molar-refractivity contribution is 1.11. The molecule has 0 aliphatic carbocycles. The number of nitrogens with two attached hydrogens (primary N) is 1. The molecule has 5 heteroatoms. The first-order chi connectivity index (χ1) is 8.25. The molecule has 84 valence electrons. The van der Waals surface area contributed by atoms with Crippen LogP contribution in [0.15, 0.2) is 42.7 Å². The van der Waals surface area contributed by atoms with Crippen molar-refractivity contribution in [2.45, 2.75) is 0 Å². The summed E-state index contributed by atoms with van der Waals surface area (Å²) in [6.07, 6.45) is 3.40. The summed E-state index contributed by atoms with van der Waals surface area (Å²) in [4.78, 5) is 8.28. The number of nitrogens with zero attached hydrogens (tertiary/aromatic N) is 3. The highest BCUT2D eigenvalue weighted by Crippen LogP contribution is 2.23. The minimum Gasteiger partial charge on any atom is -0.369 e. The lowest BCUT2D eigenvalue weighted by atomic mass is 10.3. The maximum atomic E-state index is 5.98. The number of halogens is 1. The Labute approximate surface area is 103 Å². The summed E-state index contributed by atoms with van der Waals surface area (Å²) in [5.74, 6) is 0.426. The molecule has 0 spiro atoms. The Bertz CT molecular complexity index is 690. The predicted octanol–water partition coefficient (Wildman–Crippen LogP) is 2.66. The SMILES string of the molecule is Nc1nc2cnccc2n1-c1cccc(Cl)c1. The maximum absolute atomic E-state index is 5.98. The van der Waals surface area contributed by atoms with Crippen LogP contribution < -0.4 is 5.73 Å². The molecule has 0 unspecified atom stereocenters. The van der Waals surface area contributed by atoms with E-state index in [1.54, 1.807) is 12.4 Å². The molecule has 0 bridgehead atoms. The second kappa shape index (κ2) is 3.75. The molecular weight excluding hydrogens is 236 g/mol. The van der Waals surface area contributed by atoms with E-state index in [0.29, 0.717) is 11.0 Å². The van der Waals surface area contributed by atoms with Crippen LogP contribution in [0.2, 0.25) is 5.02 Å². The van der Waals surface area contributed by atoms with Gasteiger partial charge in [-0.25, -0.2) is 4.98 Å². The number of nitrogen functional groups attached to an aromatic ring is 1. The molecule has 0 atom stereocenters. The fourth-order valence-electron chi connectivity index (χ4n) is 1.84. The van der Waals surface area contributed by atoms with Crippen LogP contribution in [0.3, 0.4) is 0 Å². The Morgan fingerprint density at radius 3 is 2.94 bits per heavy atom. The van der Waals surface area contributed by atoms with E-state index in [1.807, 2.05) is 34.9 Å². The monoisotopic (exact) mass is 244 g/mol. The first-order valence-electron chi connectivity index (χ1n) is 5.09. The number of aromatic nitrogens is 3. The van der Waals surface area contributed by atoms with Crippen LogP contribution in [0.5, 0.6) is 0 Å². The minimum absolute atomic E-state index is 0.426. The van der Waals surface area contributed by atoms with Crippen LogP contribution >= 0.6 is 11.6 Å². The van der Waals surface area contributed by atoms with Crippen molar-refractivity contribution in [2.75, 3.05) is 5.73 Å². The molecule has 4 nitrogen and oxygen atoms in total. The zero-order chi connectivity index (χ0) is 11.8. The Kier molecular flexibility index (Phi) is 2.23.